The minimum Gasteiger partial charge on any atom is -0.454 e. The standard InChI is InChI=1S/C25H25N5O3/c1-17-24(28-33-27-17)21-8-5-11-29(21)14-20-15-30(13-18-6-3-2-4-7-18)26-25(20)19-9-10-22-23(12-19)32-16-31-22/h2-4,6-7,9-10,12,15,21H,5,8,11,13-14,16H2,1H3. The number of aromatic nitrogens is 4. The highest BCUT2D eigenvalue weighted by atomic mass is 16.7. The molecule has 1 atom stereocenters. The van der Waals surface area contributed by atoms with Gasteiger partial charge in [0.2, 0.25) is 6.79 Å². The zero-order chi connectivity index (χ0) is 22.2. The number of benzene rings is 2. The number of aryl methyl sites for hydroxylation is 1. The van der Waals surface area contributed by atoms with Gasteiger partial charge in [0, 0.05) is 23.9 Å². The van der Waals surface area contributed by atoms with E-state index in [-0.39, 0.29) is 12.8 Å². The summed E-state index contributed by atoms with van der Waals surface area (Å²) in [6, 6.07) is 16.6. The van der Waals surface area contributed by atoms with E-state index in [2.05, 4.69) is 51.7 Å². The van der Waals surface area contributed by atoms with Crippen LogP contribution in [0.4, 0.5) is 0 Å². The van der Waals surface area contributed by atoms with Crippen molar-refractivity contribution in [3.8, 4) is 22.8 Å². The predicted octanol–water partition coefficient (Wildman–Crippen LogP) is 4.36. The molecule has 0 bridgehead atoms. The molecule has 1 unspecified atom stereocenters. The van der Waals surface area contributed by atoms with E-state index in [1.807, 2.05) is 29.8 Å². The highest BCUT2D eigenvalue weighted by Gasteiger charge is 2.31. The summed E-state index contributed by atoms with van der Waals surface area (Å²) in [7, 11) is 0. The average Bonchev–Trinajstić information content (AvgIpc) is 3.62. The zero-order valence-corrected chi connectivity index (χ0v) is 18.5. The fourth-order valence-electron chi connectivity index (χ4n) is 4.80. The van der Waals surface area contributed by atoms with Crippen LogP contribution < -0.4 is 9.47 Å². The van der Waals surface area contributed by atoms with E-state index >= 15 is 0 Å². The molecule has 8 nitrogen and oxygen atoms in total. The van der Waals surface area contributed by atoms with Gasteiger partial charge in [-0.15, -0.1) is 0 Å². The monoisotopic (exact) mass is 443 g/mol. The third-order valence-corrected chi connectivity index (χ3v) is 6.41. The second-order valence-corrected chi connectivity index (χ2v) is 8.62. The lowest BCUT2D eigenvalue weighted by molar-refractivity contribution is 0.174. The topological polar surface area (TPSA) is 78.4 Å². The van der Waals surface area contributed by atoms with Crippen molar-refractivity contribution in [2.45, 2.75) is 38.9 Å². The van der Waals surface area contributed by atoms with Crippen molar-refractivity contribution in [1.82, 2.24) is 25.0 Å². The lowest BCUT2D eigenvalue weighted by Gasteiger charge is -2.22. The molecule has 0 N–H and O–H groups in total. The van der Waals surface area contributed by atoms with Crippen LogP contribution in [0.1, 0.15) is 41.4 Å². The summed E-state index contributed by atoms with van der Waals surface area (Å²) in [4.78, 5) is 2.45. The number of rotatable bonds is 6. The molecule has 6 rings (SSSR count). The van der Waals surface area contributed by atoms with Gasteiger partial charge in [0.1, 0.15) is 11.4 Å². The number of nitrogens with zero attached hydrogens (tertiary/aromatic N) is 5. The van der Waals surface area contributed by atoms with E-state index in [4.69, 9.17) is 19.2 Å². The van der Waals surface area contributed by atoms with Crippen molar-refractivity contribution in [1.29, 1.82) is 0 Å². The van der Waals surface area contributed by atoms with Gasteiger partial charge in [-0.05, 0) is 50.1 Å². The van der Waals surface area contributed by atoms with Gasteiger partial charge in [-0.2, -0.15) is 5.10 Å². The summed E-state index contributed by atoms with van der Waals surface area (Å²) < 4.78 is 18.1. The number of fused-ring (bicyclic) bond motifs is 1. The van der Waals surface area contributed by atoms with Crippen LogP contribution in [0.25, 0.3) is 11.3 Å². The molecule has 2 aromatic heterocycles. The van der Waals surface area contributed by atoms with Gasteiger partial charge in [0.25, 0.3) is 0 Å². The first kappa shape index (κ1) is 20.0. The normalized spacial score (nSPS) is 17.7. The first-order valence-electron chi connectivity index (χ1n) is 11.3. The van der Waals surface area contributed by atoms with Gasteiger partial charge in [-0.3, -0.25) is 9.58 Å². The summed E-state index contributed by atoms with van der Waals surface area (Å²) in [5, 5.41) is 13.2. The first-order valence-corrected chi connectivity index (χ1v) is 11.3. The van der Waals surface area contributed by atoms with E-state index in [9.17, 15) is 0 Å². The summed E-state index contributed by atoms with van der Waals surface area (Å²) in [5.41, 5.74) is 6.18. The molecule has 33 heavy (non-hydrogen) atoms. The smallest absolute Gasteiger partial charge is 0.231 e. The maximum Gasteiger partial charge on any atom is 0.231 e. The van der Waals surface area contributed by atoms with Crippen molar-refractivity contribution in [2.75, 3.05) is 13.3 Å². The van der Waals surface area contributed by atoms with Gasteiger partial charge in [0.05, 0.1) is 18.3 Å². The van der Waals surface area contributed by atoms with Gasteiger partial charge in [-0.1, -0.05) is 40.6 Å². The Labute approximate surface area is 191 Å². The molecule has 0 spiro atoms. The van der Waals surface area contributed by atoms with Crippen molar-refractivity contribution < 1.29 is 14.1 Å². The molecule has 2 aliphatic heterocycles. The molecular weight excluding hydrogens is 418 g/mol. The molecule has 0 radical (unpaired) electrons. The predicted molar refractivity (Wildman–Crippen MR) is 121 cm³/mol. The van der Waals surface area contributed by atoms with Crippen LogP contribution in [0, 0.1) is 6.92 Å². The van der Waals surface area contributed by atoms with Gasteiger partial charge < -0.3 is 9.47 Å². The van der Waals surface area contributed by atoms with Gasteiger partial charge in [0.15, 0.2) is 11.5 Å². The molecule has 4 aromatic rings. The van der Waals surface area contributed by atoms with Crippen molar-refractivity contribution in [3.63, 3.8) is 0 Å². The van der Waals surface area contributed by atoms with Crippen LogP contribution in [-0.4, -0.2) is 38.3 Å². The molecular formula is C25H25N5O3. The van der Waals surface area contributed by atoms with Gasteiger partial charge >= 0.3 is 0 Å². The van der Waals surface area contributed by atoms with Crippen LogP contribution in [-0.2, 0) is 13.1 Å². The van der Waals surface area contributed by atoms with E-state index in [1.165, 1.54) is 11.1 Å². The van der Waals surface area contributed by atoms with Crippen LogP contribution in [0.2, 0.25) is 0 Å². The minimum atomic E-state index is 0.207. The lowest BCUT2D eigenvalue weighted by atomic mass is 10.1. The Morgan fingerprint density at radius 3 is 2.73 bits per heavy atom. The van der Waals surface area contributed by atoms with Crippen LogP contribution in [0.15, 0.2) is 59.4 Å². The summed E-state index contributed by atoms with van der Waals surface area (Å²) in [6.07, 6.45) is 4.33. The Bertz CT molecular complexity index is 1270. The molecule has 4 heterocycles. The number of likely N-dealkylation sites (tertiary alicyclic amines) is 1. The molecule has 1 saturated heterocycles. The number of hydrogen-bond donors (Lipinski definition) is 0. The number of ether oxygens (including phenoxy) is 2. The highest BCUT2D eigenvalue weighted by Crippen LogP contribution is 2.38. The lowest BCUT2D eigenvalue weighted by Crippen LogP contribution is -2.23. The largest absolute Gasteiger partial charge is 0.454 e. The summed E-state index contributed by atoms with van der Waals surface area (Å²) in [5.74, 6) is 1.54. The maximum atomic E-state index is 5.62. The fourth-order valence-corrected chi connectivity index (χ4v) is 4.80. The quantitative estimate of drug-likeness (QED) is 0.438. The van der Waals surface area contributed by atoms with Crippen molar-refractivity contribution >= 4 is 0 Å². The SMILES string of the molecule is Cc1nonc1C1CCCN1Cc1cn(Cc2ccccc2)nc1-c1ccc2c(c1)OCO2. The zero-order valence-electron chi connectivity index (χ0n) is 18.5. The van der Waals surface area contributed by atoms with Gasteiger partial charge in [-0.25, -0.2) is 4.63 Å². The van der Waals surface area contributed by atoms with E-state index in [0.29, 0.717) is 6.54 Å². The minimum absolute atomic E-state index is 0.207. The summed E-state index contributed by atoms with van der Waals surface area (Å²) >= 11 is 0. The first-order chi connectivity index (χ1) is 16.2. The molecule has 1 fully saturated rings. The molecule has 0 saturated carbocycles. The molecule has 2 aliphatic rings. The average molecular weight is 444 g/mol. The Morgan fingerprint density at radius 1 is 1.00 bits per heavy atom. The van der Waals surface area contributed by atoms with Crippen LogP contribution >= 0.6 is 0 Å². The van der Waals surface area contributed by atoms with Crippen LogP contribution in [0.3, 0.4) is 0 Å². The van der Waals surface area contributed by atoms with Crippen molar-refractivity contribution in [3.05, 3.63) is 77.2 Å². The Balaban J connectivity index is 1.35. The van der Waals surface area contributed by atoms with Crippen molar-refractivity contribution in [2.24, 2.45) is 0 Å². The Morgan fingerprint density at radius 2 is 1.88 bits per heavy atom. The molecule has 168 valence electrons. The van der Waals surface area contributed by atoms with E-state index in [0.717, 1.165) is 60.1 Å². The third kappa shape index (κ3) is 3.87. The van der Waals surface area contributed by atoms with E-state index < -0.39 is 0 Å². The third-order valence-electron chi connectivity index (χ3n) is 6.41. The number of hydrogen-bond acceptors (Lipinski definition) is 7. The second kappa shape index (κ2) is 8.37. The molecule has 0 aliphatic carbocycles. The summed E-state index contributed by atoms with van der Waals surface area (Å²) in [6.45, 7) is 4.71. The molecule has 8 heteroatoms. The molecule has 0 amide bonds. The second-order valence-electron chi connectivity index (χ2n) is 8.62. The Kier molecular flexibility index (Phi) is 5.07. The van der Waals surface area contributed by atoms with Crippen LogP contribution in [0.5, 0.6) is 11.5 Å². The highest BCUT2D eigenvalue weighted by molar-refractivity contribution is 5.67. The maximum absolute atomic E-state index is 5.62. The Hall–Kier alpha value is -3.65. The fraction of sp³-hybridized carbons (Fsp3) is 0.320. The van der Waals surface area contributed by atoms with E-state index in [1.54, 1.807) is 0 Å². The molecule has 2 aromatic carbocycles.